The van der Waals surface area contributed by atoms with Crippen LogP contribution in [0.15, 0.2) is 0 Å². The molecule has 0 aromatic heterocycles. The highest BCUT2D eigenvalue weighted by atomic mass is 19.4. The number of carbonyl (C=O) groups excluding carboxylic acids is 1. The predicted octanol–water partition coefficient (Wildman–Crippen LogP) is 2.15. The van der Waals surface area contributed by atoms with Crippen LogP contribution in [-0.2, 0) is 4.74 Å². The van der Waals surface area contributed by atoms with Gasteiger partial charge in [-0.05, 0) is 19.8 Å². The van der Waals surface area contributed by atoms with Crippen LogP contribution >= 0.6 is 0 Å². The number of ether oxygens (including phenoxy) is 1. The van der Waals surface area contributed by atoms with Gasteiger partial charge >= 0.3 is 12.2 Å². The number of morpholine rings is 1. The van der Waals surface area contributed by atoms with E-state index in [2.05, 4.69) is 5.32 Å². The van der Waals surface area contributed by atoms with Crippen molar-refractivity contribution in [3.8, 4) is 0 Å². The Kier molecular flexibility index (Phi) is 5.71. The van der Waals surface area contributed by atoms with Gasteiger partial charge in [-0.25, -0.2) is 4.79 Å². The number of unbranched alkanes of at least 4 members (excludes halogenated alkanes) is 1. The molecule has 1 rings (SSSR count). The molecule has 1 aliphatic rings. The number of nitrogens with zero attached hydrogens (tertiary/aromatic N) is 1. The molecule has 0 saturated carbocycles. The molecule has 0 aliphatic carbocycles. The van der Waals surface area contributed by atoms with Crippen LogP contribution in [0.1, 0.15) is 26.2 Å². The van der Waals surface area contributed by atoms with Crippen molar-refractivity contribution in [1.82, 2.24) is 10.2 Å². The summed E-state index contributed by atoms with van der Waals surface area (Å²) in [6, 6.07) is -0.216. The van der Waals surface area contributed by atoms with Gasteiger partial charge < -0.3 is 15.0 Å². The van der Waals surface area contributed by atoms with Crippen LogP contribution in [0.3, 0.4) is 0 Å². The standard InChI is InChI=1S/C11H19F3N2O2/c1-9-8-18-7-6-16(9)10(17)15-5-3-2-4-11(12,13)14/h9H,2-8H2,1H3,(H,15,17)/t9-/m0/s1. The summed E-state index contributed by atoms with van der Waals surface area (Å²) in [5.74, 6) is 0. The SMILES string of the molecule is C[C@H]1COCCN1C(=O)NCCCCC(F)(F)F. The minimum absolute atomic E-state index is 0.00826. The lowest BCUT2D eigenvalue weighted by Gasteiger charge is -2.33. The van der Waals surface area contributed by atoms with E-state index in [9.17, 15) is 18.0 Å². The van der Waals surface area contributed by atoms with Crippen molar-refractivity contribution in [3.05, 3.63) is 0 Å². The molecule has 18 heavy (non-hydrogen) atoms. The Morgan fingerprint density at radius 2 is 2.17 bits per heavy atom. The Balaban J connectivity index is 2.13. The minimum Gasteiger partial charge on any atom is -0.377 e. The largest absolute Gasteiger partial charge is 0.389 e. The highest BCUT2D eigenvalue weighted by molar-refractivity contribution is 5.74. The Morgan fingerprint density at radius 3 is 2.78 bits per heavy atom. The third-order valence-corrected chi connectivity index (χ3v) is 2.79. The number of carbonyl (C=O) groups is 1. The normalized spacial score (nSPS) is 20.9. The fraction of sp³-hybridized carbons (Fsp3) is 0.909. The van der Waals surface area contributed by atoms with E-state index in [0.717, 1.165) is 0 Å². The smallest absolute Gasteiger partial charge is 0.377 e. The van der Waals surface area contributed by atoms with E-state index in [1.165, 1.54) is 0 Å². The first-order valence-electron chi connectivity index (χ1n) is 6.09. The van der Waals surface area contributed by atoms with Crippen LogP contribution in [0.4, 0.5) is 18.0 Å². The molecule has 1 atom stereocenters. The molecule has 7 heteroatoms. The average molecular weight is 268 g/mol. The number of hydrogen-bond donors (Lipinski definition) is 1. The second-order valence-corrected chi connectivity index (χ2v) is 4.42. The van der Waals surface area contributed by atoms with Gasteiger partial charge in [0.25, 0.3) is 0 Å². The van der Waals surface area contributed by atoms with E-state index < -0.39 is 12.6 Å². The first kappa shape index (κ1) is 15.1. The minimum atomic E-state index is -4.11. The van der Waals surface area contributed by atoms with Crippen molar-refractivity contribution in [2.24, 2.45) is 0 Å². The lowest BCUT2D eigenvalue weighted by molar-refractivity contribution is -0.135. The van der Waals surface area contributed by atoms with E-state index in [-0.39, 0.29) is 25.0 Å². The average Bonchev–Trinajstić information content (AvgIpc) is 2.27. The quantitative estimate of drug-likeness (QED) is 0.794. The lowest BCUT2D eigenvalue weighted by Crippen LogP contribution is -2.51. The van der Waals surface area contributed by atoms with Crippen molar-refractivity contribution in [2.45, 2.75) is 38.4 Å². The third-order valence-electron chi connectivity index (χ3n) is 2.79. The Hall–Kier alpha value is -0.980. The van der Waals surface area contributed by atoms with E-state index >= 15 is 0 Å². The van der Waals surface area contributed by atoms with E-state index in [1.54, 1.807) is 4.90 Å². The first-order chi connectivity index (χ1) is 8.40. The van der Waals surface area contributed by atoms with Crippen LogP contribution in [0.25, 0.3) is 0 Å². The van der Waals surface area contributed by atoms with E-state index in [4.69, 9.17) is 4.74 Å². The molecule has 1 heterocycles. The molecule has 1 saturated heterocycles. The molecule has 106 valence electrons. The van der Waals surface area contributed by atoms with Gasteiger partial charge in [0.05, 0.1) is 19.3 Å². The second kappa shape index (κ2) is 6.82. The molecule has 4 nitrogen and oxygen atoms in total. The molecule has 0 aromatic carbocycles. The number of rotatable bonds is 4. The van der Waals surface area contributed by atoms with Crippen LogP contribution in [0.5, 0.6) is 0 Å². The van der Waals surface area contributed by atoms with Gasteiger partial charge in [0, 0.05) is 19.5 Å². The Bertz CT molecular complexity index is 272. The van der Waals surface area contributed by atoms with Crippen molar-refractivity contribution in [2.75, 3.05) is 26.3 Å². The second-order valence-electron chi connectivity index (χ2n) is 4.42. The molecular weight excluding hydrogens is 249 g/mol. The van der Waals surface area contributed by atoms with Crippen molar-refractivity contribution < 1.29 is 22.7 Å². The maximum absolute atomic E-state index is 11.9. The molecule has 0 spiro atoms. The number of urea groups is 1. The molecule has 1 aliphatic heterocycles. The molecule has 0 radical (unpaired) electrons. The summed E-state index contributed by atoms with van der Waals surface area (Å²) >= 11 is 0. The summed E-state index contributed by atoms with van der Waals surface area (Å²) in [7, 11) is 0. The molecule has 0 unspecified atom stereocenters. The van der Waals surface area contributed by atoms with Crippen molar-refractivity contribution in [1.29, 1.82) is 0 Å². The van der Waals surface area contributed by atoms with Gasteiger partial charge in [-0.15, -0.1) is 0 Å². The first-order valence-corrected chi connectivity index (χ1v) is 6.09. The highest BCUT2D eigenvalue weighted by Crippen LogP contribution is 2.21. The van der Waals surface area contributed by atoms with Crippen LogP contribution in [0.2, 0.25) is 0 Å². The fourth-order valence-corrected chi connectivity index (χ4v) is 1.78. The van der Waals surface area contributed by atoms with Gasteiger partial charge in [-0.3, -0.25) is 0 Å². The van der Waals surface area contributed by atoms with Gasteiger partial charge in [0.15, 0.2) is 0 Å². The monoisotopic (exact) mass is 268 g/mol. The number of amides is 2. The molecule has 0 bridgehead atoms. The molecule has 2 amide bonds. The third kappa shape index (κ3) is 5.57. The zero-order valence-corrected chi connectivity index (χ0v) is 10.4. The van der Waals surface area contributed by atoms with Crippen molar-refractivity contribution in [3.63, 3.8) is 0 Å². The van der Waals surface area contributed by atoms with Gasteiger partial charge in [0.2, 0.25) is 0 Å². The predicted molar refractivity (Wildman–Crippen MR) is 60.3 cm³/mol. The summed E-state index contributed by atoms with van der Waals surface area (Å²) in [5, 5.41) is 2.63. The maximum Gasteiger partial charge on any atom is 0.389 e. The summed E-state index contributed by atoms with van der Waals surface area (Å²) in [4.78, 5) is 13.4. The van der Waals surface area contributed by atoms with E-state index in [0.29, 0.717) is 26.2 Å². The number of alkyl halides is 3. The Morgan fingerprint density at radius 1 is 1.44 bits per heavy atom. The number of nitrogens with one attached hydrogen (secondary N) is 1. The topological polar surface area (TPSA) is 41.6 Å². The number of hydrogen-bond acceptors (Lipinski definition) is 2. The van der Waals surface area contributed by atoms with Gasteiger partial charge in [-0.1, -0.05) is 0 Å². The molecule has 1 N–H and O–H groups in total. The van der Waals surface area contributed by atoms with Crippen LogP contribution in [-0.4, -0.2) is 49.5 Å². The van der Waals surface area contributed by atoms with E-state index in [1.807, 2.05) is 6.92 Å². The van der Waals surface area contributed by atoms with Crippen molar-refractivity contribution >= 4 is 6.03 Å². The van der Waals surface area contributed by atoms with Crippen LogP contribution in [0, 0.1) is 0 Å². The van der Waals surface area contributed by atoms with Gasteiger partial charge in [0.1, 0.15) is 0 Å². The Labute approximate surface area is 104 Å². The lowest BCUT2D eigenvalue weighted by atomic mass is 10.2. The maximum atomic E-state index is 11.9. The molecule has 1 fully saturated rings. The summed E-state index contributed by atoms with van der Waals surface area (Å²) in [6.45, 7) is 3.68. The zero-order chi connectivity index (χ0) is 13.6. The summed E-state index contributed by atoms with van der Waals surface area (Å²) < 4.78 is 40.8. The van der Waals surface area contributed by atoms with Gasteiger partial charge in [-0.2, -0.15) is 13.2 Å². The molecule has 0 aromatic rings. The zero-order valence-electron chi connectivity index (χ0n) is 10.4. The number of halogens is 3. The summed E-state index contributed by atoms with van der Waals surface area (Å²) in [5.41, 5.74) is 0. The van der Waals surface area contributed by atoms with Crippen LogP contribution < -0.4 is 5.32 Å². The fourth-order valence-electron chi connectivity index (χ4n) is 1.78. The summed E-state index contributed by atoms with van der Waals surface area (Å²) in [6.07, 6.45) is -4.52. The highest BCUT2D eigenvalue weighted by Gasteiger charge is 2.26. The molecular formula is C11H19F3N2O2.